The van der Waals surface area contributed by atoms with Gasteiger partial charge in [-0.15, -0.1) is 0 Å². The Balaban J connectivity index is 2.29. The molecule has 1 aromatic carbocycles. The van der Waals surface area contributed by atoms with Crippen molar-refractivity contribution in [2.24, 2.45) is 5.92 Å². The maximum Gasteiger partial charge on any atom is 0.256 e. The van der Waals surface area contributed by atoms with E-state index in [1.807, 2.05) is 11.0 Å². The molecule has 1 atom stereocenters. The van der Waals surface area contributed by atoms with Crippen LogP contribution in [0.1, 0.15) is 37.0 Å². The standard InChI is InChI=1S/C15H22N2O2/c1-10(2)12-7-5-9-17(12)15(18)11-6-4-8-13(19-3)14(11)16/h4,6,8,10,12H,5,7,9,16H2,1-3H3. The zero-order valence-electron chi connectivity index (χ0n) is 11.8. The minimum absolute atomic E-state index is 0.0209. The number of amides is 1. The van der Waals surface area contributed by atoms with E-state index in [1.54, 1.807) is 19.2 Å². The Labute approximate surface area is 114 Å². The second kappa shape index (κ2) is 5.51. The molecule has 0 bridgehead atoms. The maximum atomic E-state index is 12.6. The molecule has 0 saturated carbocycles. The molecule has 1 aliphatic heterocycles. The number of ether oxygens (including phenoxy) is 1. The van der Waals surface area contributed by atoms with E-state index in [-0.39, 0.29) is 5.91 Å². The van der Waals surface area contributed by atoms with E-state index in [4.69, 9.17) is 10.5 Å². The van der Waals surface area contributed by atoms with E-state index in [1.165, 1.54) is 0 Å². The van der Waals surface area contributed by atoms with Gasteiger partial charge in [-0.2, -0.15) is 0 Å². The number of carbonyl (C=O) groups is 1. The number of nitrogens with zero attached hydrogens (tertiary/aromatic N) is 1. The molecular formula is C15H22N2O2. The number of likely N-dealkylation sites (tertiary alicyclic amines) is 1. The third kappa shape index (κ3) is 2.53. The monoisotopic (exact) mass is 262 g/mol. The highest BCUT2D eigenvalue weighted by atomic mass is 16.5. The Kier molecular flexibility index (Phi) is 3.98. The summed E-state index contributed by atoms with van der Waals surface area (Å²) in [5.41, 5.74) is 6.99. The van der Waals surface area contributed by atoms with E-state index in [2.05, 4.69) is 13.8 Å². The fourth-order valence-corrected chi connectivity index (χ4v) is 2.80. The summed E-state index contributed by atoms with van der Waals surface area (Å²) >= 11 is 0. The lowest BCUT2D eigenvalue weighted by atomic mass is 10.0. The summed E-state index contributed by atoms with van der Waals surface area (Å²) in [4.78, 5) is 14.6. The minimum Gasteiger partial charge on any atom is -0.495 e. The van der Waals surface area contributed by atoms with Crippen molar-refractivity contribution in [3.8, 4) is 5.75 Å². The zero-order valence-corrected chi connectivity index (χ0v) is 11.8. The first kappa shape index (κ1) is 13.7. The molecule has 4 heteroatoms. The summed E-state index contributed by atoms with van der Waals surface area (Å²) < 4.78 is 5.18. The number of nitrogen functional groups attached to an aromatic ring is 1. The lowest BCUT2D eigenvalue weighted by Crippen LogP contribution is -2.38. The third-order valence-corrected chi connectivity index (χ3v) is 3.85. The van der Waals surface area contributed by atoms with Crippen LogP contribution < -0.4 is 10.5 Å². The molecule has 1 aromatic rings. The molecule has 1 amide bonds. The fraction of sp³-hybridized carbons (Fsp3) is 0.533. The molecule has 1 saturated heterocycles. The van der Waals surface area contributed by atoms with E-state index in [9.17, 15) is 4.79 Å². The molecule has 19 heavy (non-hydrogen) atoms. The Morgan fingerprint density at radius 3 is 2.84 bits per heavy atom. The summed E-state index contributed by atoms with van der Waals surface area (Å²) in [6.45, 7) is 5.13. The highest BCUT2D eigenvalue weighted by molar-refractivity contribution is 6.00. The van der Waals surface area contributed by atoms with Crippen molar-refractivity contribution in [2.75, 3.05) is 19.4 Å². The van der Waals surface area contributed by atoms with Gasteiger partial charge in [0.05, 0.1) is 18.4 Å². The molecular weight excluding hydrogens is 240 g/mol. The van der Waals surface area contributed by atoms with Gasteiger partial charge in [0, 0.05) is 12.6 Å². The normalized spacial score (nSPS) is 18.9. The summed E-state index contributed by atoms with van der Waals surface area (Å²) in [5, 5.41) is 0. The van der Waals surface area contributed by atoms with E-state index in [0.29, 0.717) is 29.0 Å². The van der Waals surface area contributed by atoms with Crippen LogP contribution in [0.2, 0.25) is 0 Å². The van der Waals surface area contributed by atoms with Crippen molar-refractivity contribution in [1.29, 1.82) is 0 Å². The van der Waals surface area contributed by atoms with Crippen molar-refractivity contribution in [1.82, 2.24) is 4.90 Å². The molecule has 1 heterocycles. The average molecular weight is 262 g/mol. The number of hydrogen-bond donors (Lipinski definition) is 1. The summed E-state index contributed by atoms with van der Waals surface area (Å²) in [6.07, 6.45) is 2.14. The number of para-hydroxylation sites is 1. The van der Waals surface area contributed by atoms with Gasteiger partial charge in [0.2, 0.25) is 0 Å². The Morgan fingerprint density at radius 1 is 1.47 bits per heavy atom. The average Bonchev–Trinajstić information content (AvgIpc) is 2.87. The van der Waals surface area contributed by atoms with E-state index < -0.39 is 0 Å². The lowest BCUT2D eigenvalue weighted by molar-refractivity contribution is 0.0702. The third-order valence-electron chi connectivity index (χ3n) is 3.85. The van der Waals surface area contributed by atoms with Crippen LogP contribution in [-0.4, -0.2) is 30.5 Å². The lowest BCUT2D eigenvalue weighted by Gasteiger charge is -2.28. The second-order valence-electron chi connectivity index (χ2n) is 5.37. The minimum atomic E-state index is 0.0209. The van der Waals surface area contributed by atoms with Gasteiger partial charge in [-0.25, -0.2) is 0 Å². The second-order valence-corrected chi connectivity index (χ2v) is 5.37. The molecule has 2 rings (SSSR count). The SMILES string of the molecule is COc1cccc(C(=O)N2CCCC2C(C)C)c1N. The molecule has 2 N–H and O–H groups in total. The van der Waals surface area contributed by atoms with Crippen molar-refractivity contribution >= 4 is 11.6 Å². The van der Waals surface area contributed by atoms with Crippen molar-refractivity contribution in [3.63, 3.8) is 0 Å². The van der Waals surface area contributed by atoms with Gasteiger partial charge >= 0.3 is 0 Å². The largest absolute Gasteiger partial charge is 0.495 e. The quantitative estimate of drug-likeness (QED) is 0.852. The highest BCUT2D eigenvalue weighted by Crippen LogP contribution is 2.30. The van der Waals surface area contributed by atoms with E-state index in [0.717, 1.165) is 19.4 Å². The first-order valence-corrected chi connectivity index (χ1v) is 6.79. The maximum absolute atomic E-state index is 12.6. The Hall–Kier alpha value is -1.71. The molecule has 1 aliphatic rings. The summed E-state index contributed by atoms with van der Waals surface area (Å²) in [6, 6.07) is 5.67. The molecule has 4 nitrogen and oxygen atoms in total. The van der Waals surface area contributed by atoms with Gasteiger partial charge in [0.25, 0.3) is 5.91 Å². The Bertz CT molecular complexity index is 471. The van der Waals surface area contributed by atoms with Crippen LogP contribution in [0.5, 0.6) is 5.75 Å². The summed E-state index contributed by atoms with van der Waals surface area (Å²) in [5.74, 6) is 1.05. The molecule has 0 radical (unpaired) electrons. The smallest absolute Gasteiger partial charge is 0.256 e. The first-order valence-electron chi connectivity index (χ1n) is 6.79. The van der Waals surface area contributed by atoms with Gasteiger partial charge in [-0.3, -0.25) is 4.79 Å². The predicted molar refractivity (Wildman–Crippen MR) is 76.3 cm³/mol. The first-order chi connectivity index (χ1) is 9.06. The number of anilines is 1. The van der Waals surface area contributed by atoms with Crippen molar-refractivity contribution < 1.29 is 9.53 Å². The number of carbonyl (C=O) groups excluding carboxylic acids is 1. The van der Waals surface area contributed by atoms with Crippen molar-refractivity contribution in [3.05, 3.63) is 23.8 Å². The predicted octanol–water partition coefficient (Wildman–Crippen LogP) is 2.54. The van der Waals surface area contributed by atoms with Gasteiger partial charge in [-0.05, 0) is 30.9 Å². The van der Waals surface area contributed by atoms with Crippen LogP contribution >= 0.6 is 0 Å². The van der Waals surface area contributed by atoms with Gasteiger partial charge in [-0.1, -0.05) is 19.9 Å². The fourth-order valence-electron chi connectivity index (χ4n) is 2.80. The molecule has 1 unspecified atom stereocenters. The molecule has 1 fully saturated rings. The van der Waals surface area contributed by atoms with Crippen LogP contribution in [0, 0.1) is 5.92 Å². The number of nitrogens with two attached hydrogens (primary N) is 1. The van der Waals surface area contributed by atoms with E-state index >= 15 is 0 Å². The van der Waals surface area contributed by atoms with Crippen LogP contribution in [-0.2, 0) is 0 Å². The molecule has 0 spiro atoms. The summed E-state index contributed by atoms with van der Waals surface area (Å²) in [7, 11) is 1.56. The molecule has 0 aliphatic carbocycles. The molecule has 0 aromatic heterocycles. The number of benzene rings is 1. The number of methoxy groups -OCH3 is 1. The number of rotatable bonds is 3. The number of hydrogen-bond acceptors (Lipinski definition) is 3. The van der Waals surface area contributed by atoms with Gasteiger partial charge < -0.3 is 15.4 Å². The zero-order chi connectivity index (χ0) is 14.0. The van der Waals surface area contributed by atoms with Crippen LogP contribution in [0.15, 0.2) is 18.2 Å². The van der Waals surface area contributed by atoms with Gasteiger partial charge in [0.1, 0.15) is 5.75 Å². The highest BCUT2D eigenvalue weighted by Gasteiger charge is 2.32. The van der Waals surface area contributed by atoms with Crippen LogP contribution in [0.25, 0.3) is 0 Å². The van der Waals surface area contributed by atoms with Crippen molar-refractivity contribution in [2.45, 2.75) is 32.7 Å². The Morgan fingerprint density at radius 2 is 2.21 bits per heavy atom. The van der Waals surface area contributed by atoms with Crippen LogP contribution in [0.4, 0.5) is 5.69 Å². The van der Waals surface area contributed by atoms with Gasteiger partial charge in [0.15, 0.2) is 0 Å². The molecule has 104 valence electrons. The van der Waals surface area contributed by atoms with Crippen LogP contribution in [0.3, 0.4) is 0 Å². The topological polar surface area (TPSA) is 55.6 Å².